The van der Waals surface area contributed by atoms with Gasteiger partial charge in [0.15, 0.2) is 18.9 Å². The molecule has 95 heavy (non-hydrogen) atoms. The van der Waals surface area contributed by atoms with E-state index in [1.165, 1.54) is 32.1 Å². The summed E-state index contributed by atoms with van der Waals surface area (Å²) in [5.74, 6) is -14.1. The molecule has 0 bridgehead atoms. The molecule has 7 rings (SSSR count). The molecule has 0 radical (unpaired) electrons. The van der Waals surface area contributed by atoms with Gasteiger partial charge in [-0.1, -0.05) is 25.2 Å². The lowest BCUT2D eigenvalue weighted by Crippen LogP contribution is -2.60. The highest BCUT2D eigenvalue weighted by atomic mass is 16.8. The van der Waals surface area contributed by atoms with Crippen molar-refractivity contribution < 1.29 is 166 Å². The minimum atomic E-state index is -1.89. The third-order valence-corrected chi connectivity index (χ3v) is 18.2. The molecule has 34 nitrogen and oxygen atoms in total. The smallest absolute Gasteiger partial charge is 0.337 e. The van der Waals surface area contributed by atoms with E-state index in [1.807, 2.05) is 0 Å². The molecule has 534 valence electrons. The normalized spacial score (nSPS) is 39.1. The van der Waals surface area contributed by atoms with E-state index in [0.717, 1.165) is 40.1 Å². The molecule has 3 saturated heterocycles. The number of rotatable bonds is 26. The molecule has 7 aliphatic rings. The number of ether oxygens (including phenoxy) is 15. The van der Waals surface area contributed by atoms with Crippen LogP contribution in [0.15, 0.2) is 71.5 Å². The van der Waals surface area contributed by atoms with Crippen molar-refractivity contribution in [3.8, 4) is 0 Å². The van der Waals surface area contributed by atoms with Crippen molar-refractivity contribution in [2.24, 2.45) is 47.3 Å². The number of carbonyl (C=O) groups is 6. The third-order valence-electron chi connectivity index (χ3n) is 18.2. The molecular formula is C61H86O34. The van der Waals surface area contributed by atoms with Gasteiger partial charge in [-0.05, 0) is 32.1 Å². The van der Waals surface area contributed by atoms with Crippen LogP contribution in [0.25, 0.3) is 0 Å². The van der Waals surface area contributed by atoms with Crippen LogP contribution in [-0.2, 0) is 99.8 Å². The van der Waals surface area contributed by atoms with E-state index in [4.69, 9.17) is 71.1 Å². The van der Waals surface area contributed by atoms with Crippen LogP contribution in [0.5, 0.6) is 0 Å². The Balaban J connectivity index is 1.14. The summed E-state index contributed by atoms with van der Waals surface area (Å²) in [4.78, 5) is 82.6. The van der Waals surface area contributed by atoms with Crippen LogP contribution >= 0.6 is 0 Å². The molecule has 0 amide bonds. The molecule has 1 saturated carbocycles. The number of hydrogen-bond donors (Lipinski definition) is 13. The van der Waals surface area contributed by atoms with E-state index in [0.29, 0.717) is 0 Å². The van der Waals surface area contributed by atoms with Crippen LogP contribution in [0.4, 0.5) is 0 Å². The number of hydrogen-bond acceptors (Lipinski definition) is 34. The molecule has 0 aromatic carbocycles. The fourth-order valence-electron chi connectivity index (χ4n) is 12.6. The first kappa shape index (κ1) is 76.3. The monoisotopic (exact) mass is 1360 g/mol. The maximum Gasteiger partial charge on any atom is 0.337 e. The lowest BCUT2D eigenvalue weighted by atomic mass is 9.81. The van der Waals surface area contributed by atoms with Gasteiger partial charge in [0.05, 0.1) is 122 Å². The van der Waals surface area contributed by atoms with Crippen molar-refractivity contribution in [2.45, 2.75) is 164 Å². The SMILES string of the molecule is C=CC1C(OC2OC(CO)C(O)C(O)C2O)OC=C(C(=O)OC)C1CC(=O)OCC(COC(=O)CC1C(C(=O)OC)=COC(OC2OC(CO)C(O)C(O)C2O)C1=CC)C1CC(O)C(C)C1COC(=O)CC1C(C(=O)OC)=COC(OC2OC(CO)C(O)C(O)C2O)C1=CC. The molecule has 6 aliphatic heterocycles. The van der Waals surface area contributed by atoms with Crippen LogP contribution < -0.4 is 0 Å². The highest BCUT2D eigenvalue weighted by molar-refractivity contribution is 5.92. The van der Waals surface area contributed by atoms with E-state index >= 15 is 0 Å². The highest BCUT2D eigenvalue weighted by Gasteiger charge is 2.52. The Hall–Kier alpha value is -6.10. The van der Waals surface area contributed by atoms with Gasteiger partial charge in [0.2, 0.25) is 18.9 Å². The first-order valence-corrected chi connectivity index (χ1v) is 30.6. The second kappa shape index (κ2) is 34.4. The van der Waals surface area contributed by atoms with Crippen molar-refractivity contribution in [3.05, 3.63) is 71.5 Å². The lowest BCUT2D eigenvalue weighted by molar-refractivity contribution is -0.339. The zero-order valence-electron chi connectivity index (χ0n) is 52.7. The molecule has 1 aliphatic carbocycles. The molecule has 34 heteroatoms. The van der Waals surface area contributed by atoms with Gasteiger partial charge >= 0.3 is 35.8 Å². The van der Waals surface area contributed by atoms with Crippen LogP contribution in [0.2, 0.25) is 0 Å². The van der Waals surface area contributed by atoms with Crippen molar-refractivity contribution >= 4 is 35.8 Å². The second-order valence-corrected chi connectivity index (χ2v) is 23.6. The van der Waals surface area contributed by atoms with Crippen LogP contribution in [0.3, 0.4) is 0 Å². The van der Waals surface area contributed by atoms with Crippen LogP contribution in [0, 0.1) is 47.3 Å². The summed E-state index contributed by atoms with van der Waals surface area (Å²) >= 11 is 0. The first-order valence-electron chi connectivity index (χ1n) is 30.6. The van der Waals surface area contributed by atoms with Gasteiger partial charge in [0, 0.05) is 46.7 Å². The van der Waals surface area contributed by atoms with E-state index in [2.05, 4.69) is 6.58 Å². The standard InChI is InChI=1S/C61H86O34/c1-8-26-30(34(53(78)81-5)21-87-56(26)93-59-50(75)47(72)44(69)38(15-62)90-59)12-41(66)84-18-25(19-85-42(67)13-31-27(9-2)57(88-22-35(31)54(79)82-6)94-60-51(76)48(73)45(70)39(16-63)91-60)29-11-37(65)24(4)33(29)20-86-43(68)14-32-28(10-3)58(89-23-36(32)55(80)83-7)95-61-52(77)49(74)46(71)40(17-64)92-61/h8-10,21-26,29-33,37-40,44-52,56-65,69-77H,1,11-20H2,2-7H3. The quantitative estimate of drug-likeness (QED) is 0.0220. The van der Waals surface area contributed by atoms with Gasteiger partial charge in [-0.3, -0.25) is 14.4 Å². The second-order valence-electron chi connectivity index (χ2n) is 23.6. The Morgan fingerprint density at radius 2 is 0.916 bits per heavy atom. The summed E-state index contributed by atoms with van der Waals surface area (Å²) in [6.45, 7) is 4.41. The Morgan fingerprint density at radius 1 is 0.526 bits per heavy atom. The van der Waals surface area contributed by atoms with E-state index in [-0.39, 0.29) is 34.3 Å². The maximum absolute atomic E-state index is 14.3. The van der Waals surface area contributed by atoms with E-state index in [1.54, 1.807) is 6.92 Å². The third kappa shape index (κ3) is 17.3. The summed E-state index contributed by atoms with van der Waals surface area (Å²) in [5.41, 5.74) is -0.440. The zero-order chi connectivity index (χ0) is 69.9. The number of aliphatic hydroxyl groups excluding tert-OH is 13. The first-order chi connectivity index (χ1) is 45.3. The van der Waals surface area contributed by atoms with Crippen molar-refractivity contribution in [3.63, 3.8) is 0 Å². The Labute approximate surface area is 543 Å². The molecular weight excluding hydrogens is 1280 g/mol. The van der Waals surface area contributed by atoms with Gasteiger partial charge in [-0.2, -0.15) is 0 Å². The minimum Gasteiger partial charge on any atom is -0.471 e. The largest absolute Gasteiger partial charge is 0.471 e. The average Bonchev–Trinajstić information content (AvgIpc) is 1.51. The Bertz CT molecular complexity index is 2810. The number of methoxy groups -OCH3 is 3. The van der Waals surface area contributed by atoms with Gasteiger partial charge in [-0.25, -0.2) is 14.4 Å². The average molecular weight is 1360 g/mol. The van der Waals surface area contributed by atoms with Crippen LogP contribution in [-0.4, -0.2) is 280 Å². The minimum absolute atomic E-state index is 0.0717. The molecule has 13 N–H and O–H groups in total. The molecule has 0 spiro atoms. The molecule has 4 fully saturated rings. The zero-order valence-corrected chi connectivity index (χ0v) is 52.7. The number of aliphatic hydroxyl groups is 13. The maximum atomic E-state index is 14.3. The highest BCUT2D eigenvalue weighted by Crippen LogP contribution is 2.45. The van der Waals surface area contributed by atoms with Gasteiger partial charge < -0.3 is 137 Å². The molecule has 27 atom stereocenters. The number of esters is 6. The summed E-state index contributed by atoms with van der Waals surface area (Å²) < 4.78 is 84.0. The fourth-order valence-corrected chi connectivity index (χ4v) is 12.6. The van der Waals surface area contributed by atoms with Gasteiger partial charge in [0.1, 0.15) is 73.2 Å². The number of carbonyl (C=O) groups excluding carboxylic acids is 6. The van der Waals surface area contributed by atoms with Gasteiger partial charge in [-0.15, -0.1) is 6.58 Å². The molecule has 0 aromatic rings. The topological polar surface area (TPSA) is 504 Å². The number of allylic oxidation sites excluding steroid dienone is 2. The van der Waals surface area contributed by atoms with Gasteiger partial charge in [0.25, 0.3) is 0 Å². The van der Waals surface area contributed by atoms with E-state index in [9.17, 15) is 95.2 Å². The molecule has 0 aromatic heterocycles. The Kier molecular flexibility index (Phi) is 27.6. The van der Waals surface area contributed by atoms with Crippen molar-refractivity contribution in [1.82, 2.24) is 0 Å². The molecule has 27 unspecified atom stereocenters. The summed E-state index contributed by atoms with van der Waals surface area (Å²) in [7, 11) is 3.19. The van der Waals surface area contributed by atoms with Crippen LogP contribution in [0.1, 0.15) is 46.5 Å². The summed E-state index contributed by atoms with van der Waals surface area (Å²) in [5, 5.41) is 136. The lowest BCUT2D eigenvalue weighted by Gasteiger charge is -2.42. The Morgan fingerprint density at radius 3 is 1.32 bits per heavy atom. The molecule has 6 heterocycles. The summed E-state index contributed by atoms with van der Waals surface area (Å²) in [6, 6.07) is 0. The fraction of sp³-hybridized carbons (Fsp3) is 0.705. The predicted octanol–water partition coefficient (Wildman–Crippen LogP) is -4.73. The van der Waals surface area contributed by atoms with Crippen molar-refractivity contribution in [2.75, 3.05) is 61.0 Å². The predicted molar refractivity (Wildman–Crippen MR) is 308 cm³/mol. The summed E-state index contributed by atoms with van der Waals surface area (Å²) in [6.07, 6.45) is -26.6. The van der Waals surface area contributed by atoms with Crippen molar-refractivity contribution in [1.29, 1.82) is 0 Å². The van der Waals surface area contributed by atoms with E-state index < -0.39 is 259 Å².